The molecule has 5 heteroatoms. The highest BCUT2D eigenvalue weighted by molar-refractivity contribution is 5.82. The van der Waals surface area contributed by atoms with E-state index in [1.54, 1.807) is 0 Å². The molecule has 80 valence electrons. The molecular weight excluding hydrogens is 186 g/mol. The van der Waals surface area contributed by atoms with Gasteiger partial charge in [-0.25, -0.2) is 0 Å². The summed E-state index contributed by atoms with van der Waals surface area (Å²) in [6, 6.07) is 0. The Kier molecular flexibility index (Phi) is 3.88. The maximum Gasteiger partial charge on any atom is 0.323 e. The van der Waals surface area contributed by atoms with Crippen LogP contribution in [0, 0.1) is 5.92 Å². The van der Waals surface area contributed by atoms with E-state index >= 15 is 0 Å². The molecule has 1 rings (SSSR count). The zero-order chi connectivity index (χ0) is 10.6. The fourth-order valence-corrected chi connectivity index (χ4v) is 1.54. The summed E-state index contributed by atoms with van der Waals surface area (Å²) in [5.74, 6) is -1.13. The van der Waals surface area contributed by atoms with Crippen molar-refractivity contribution in [1.29, 1.82) is 0 Å². The number of rotatable bonds is 3. The van der Waals surface area contributed by atoms with Crippen LogP contribution >= 0.6 is 0 Å². The van der Waals surface area contributed by atoms with Gasteiger partial charge >= 0.3 is 5.97 Å². The van der Waals surface area contributed by atoms with Crippen molar-refractivity contribution in [3.63, 3.8) is 0 Å². The Morgan fingerprint density at radius 1 is 1.43 bits per heavy atom. The van der Waals surface area contributed by atoms with Gasteiger partial charge in [0.05, 0.1) is 0 Å². The number of hydrogen-bond donors (Lipinski definition) is 1. The molecule has 0 aliphatic carbocycles. The maximum atomic E-state index is 11.6. The van der Waals surface area contributed by atoms with E-state index in [-0.39, 0.29) is 18.4 Å². The number of likely N-dealkylation sites (N-methyl/N-ethyl adjacent to an activating group) is 1. The molecule has 1 aliphatic heterocycles. The van der Waals surface area contributed by atoms with E-state index in [1.807, 2.05) is 0 Å². The minimum atomic E-state index is -0.979. The minimum Gasteiger partial charge on any atom is -0.480 e. The van der Waals surface area contributed by atoms with Crippen molar-refractivity contribution in [3.8, 4) is 0 Å². The zero-order valence-electron chi connectivity index (χ0n) is 8.23. The summed E-state index contributed by atoms with van der Waals surface area (Å²) in [7, 11) is 1.52. The Hall–Kier alpha value is -1.10. The van der Waals surface area contributed by atoms with E-state index in [9.17, 15) is 9.59 Å². The van der Waals surface area contributed by atoms with Crippen molar-refractivity contribution in [1.82, 2.24) is 4.90 Å². The fourth-order valence-electron chi connectivity index (χ4n) is 1.54. The quantitative estimate of drug-likeness (QED) is 0.695. The Labute approximate surface area is 82.6 Å². The van der Waals surface area contributed by atoms with Gasteiger partial charge in [0.15, 0.2) is 0 Å². The summed E-state index contributed by atoms with van der Waals surface area (Å²) in [5, 5.41) is 8.51. The van der Waals surface area contributed by atoms with E-state index in [0.29, 0.717) is 26.1 Å². The monoisotopic (exact) mass is 201 g/mol. The molecular formula is C9H15NO4. The van der Waals surface area contributed by atoms with Gasteiger partial charge in [0.25, 0.3) is 0 Å². The molecule has 0 unspecified atom stereocenters. The average Bonchev–Trinajstić information content (AvgIpc) is 2.17. The summed E-state index contributed by atoms with van der Waals surface area (Å²) < 4.78 is 5.12. The highest BCUT2D eigenvalue weighted by Gasteiger charge is 2.25. The number of carboxylic acids is 1. The van der Waals surface area contributed by atoms with E-state index in [1.165, 1.54) is 11.9 Å². The van der Waals surface area contributed by atoms with Crippen LogP contribution in [0.25, 0.3) is 0 Å². The van der Waals surface area contributed by atoms with Crippen LogP contribution < -0.4 is 0 Å². The Bertz CT molecular complexity index is 223. The van der Waals surface area contributed by atoms with Crippen LogP contribution in [0.5, 0.6) is 0 Å². The SMILES string of the molecule is CN(CC(=O)O)C(=O)C1CCOCC1. The van der Waals surface area contributed by atoms with Crippen LogP contribution in [0.1, 0.15) is 12.8 Å². The molecule has 0 radical (unpaired) electrons. The van der Waals surface area contributed by atoms with Gasteiger partial charge in [0, 0.05) is 26.2 Å². The van der Waals surface area contributed by atoms with Crippen molar-refractivity contribution in [2.45, 2.75) is 12.8 Å². The highest BCUT2D eigenvalue weighted by atomic mass is 16.5. The third-order valence-electron chi connectivity index (χ3n) is 2.32. The predicted octanol–water partition coefficient (Wildman–Crippen LogP) is -0.0440. The number of amides is 1. The molecule has 1 aliphatic rings. The Morgan fingerprint density at radius 3 is 2.50 bits per heavy atom. The van der Waals surface area contributed by atoms with Gasteiger partial charge in [-0.15, -0.1) is 0 Å². The molecule has 0 aromatic heterocycles. The number of carbonyl (C=O) groups is 2. The van der Waals surface area contributed by atoms with Crippen LogP contribution in [0.3, 0.4) is 0 Å². The maximum absolute atomic E-state index is 11.6. The second-order valence-electron chi connectivity index (χ2n) is 3.47. The molecule has 14 heavy (non-hydrogen) atoms. The minimum absolute atomic E-state index is 0.0619. The number of aliphatic carboxylic acids is 1. The number of carbonyl (C=O) groups excluding carboxylic acids is 1. The Morgan fingerprint density at radius 2 is 2.00 bits per heavy atom. The topological polar surface area (TPSA) is 66.8 Å². The first kappa shape index (κ1) is 11.0. The van der Waals surface area contributed by atoms with Crippen LogP contribution in [0.2, 0.25) is 0 Å². The molecule has 0 saturated carbocycles. The third-order valence-corrected chi connectivity index (χ3v) is 2.32. The summed E-state index contributed by atoms with van der Waals surface area (Å²) in [6.07, 6.45) is 1.39. The molecule has 5 nitrogen and oxygen atoms in total. The standard InChI is InChI=1S/C9H15NO4/c1-10(6-8(11)12)9(13)7-2-4-14-5-3-7/h7H,2-6H2,1H3,(H,11,12). The normalized spacial score (nSPS) is 17.8. The summed E-state index contributed by atoms with van der Waals surface area (Å²) >= 11 is 0. The van der Waals surface area contributed by atoms with Gasteiger partial charge < -0.3 is 14.7 Å². The second kappa shape index (κ2) is 4.95. The average molecular weight is 201 g/mol. The van der Waals surface area contributed by atoms with E-state index in [4.69, 9.17) is 9.84 Å². The molecule has 1 heterocycles. The largest absolute Gasteiger partial charge is 0.480 e. The molecule has 0 aromatic rings. The van der Waals surface area contributed by atoms with Gasteiger partial charge in [0.2, 0.25) is 5.91 Å². The zero-order valence-corrected chi connectivity index (χ0v) is 8.23. The summed E-state index contributed by atoms with van der Waals surface area (Å²) in [4.78, 5) is 23.3. The van der Waals surface area contributed by atoms with Crippen LogP contribution in [-0.4, -0.2) is 48.7 Å². The first-order chi connectivity index (χ1) is 6.61. The highest BCUT2D eigenvalue weighted by Crippen LogP contribution is 2.16. The molecule has 0 atom stereocenters. The third kappa shape index (κ3) is 2.99. The van der Waals surface area contributed by atoms with Gasteiger partial charge in [0.1, 0.15) is 6.54 Å². The van der Waals surface area contributed by atoms with Gasteiger partial charge in [-0.1, -0.05) is 0 Å². The number of hydrogen-bond acceptors (Lipinski definition) is 3. The summed E-state index contributed by atoms with van der Waals surface area (Å²) in [6.45, 7) is 0.963. The molecule has 0 bridgehead atoms. The molecule has 1 amide bonds. The van der Waals surface area contributed by atoms with Crippen molar-refractivity contribution in [2.75, 3.05) is 26.8 Å². The van der Waals surface area contributed by atoms with E-state index in [2.05, 4.69) is 0 Å². The van der Waals surface area contributed by atoms with Crippen molar-refractivity contribution >= 4 is 11.9 Å². The Balaban J connectivity index is 2.42. The number of nitrogens with zero attached hydrogens (tertiary/aromatic N) is 1. The van der Waals surface area contributed by atoms with Crippen LogP contribution in [0.4, 0.5) is 0 Å². The molecule has 1 fully saturated rings. The summed E-state index contributed by atoms with van der Waals surface area (Å²) in [5.41, 5.74) is 0. The lowest BCUT2D eigenvalue weighted by molar-refractivity contribution is -0.146. The molecule has 1 saturated heterocycles. The first-order valence-electron chi connectivity index (χ1n) is 4.65. The lowest BCUT2D eigenvalue weighted by Gasteiger charge is -2.25. The van der Waals surface area contributed by atoms with Crippen LogP contribution in [-0.2, 0) is 14.3 Å². The van der Waals surface area contributed by atoms with Gasteiger partial charge in [-0.2, -0.15) is 0 Å². The molecule has 0 spiro atoms. The van der Waals surface area contributed by atoms with E-state index in [0.717, 1.165) is 0 Å². The number of carboxylic acid groups (broad SMARTS) is 1. The second-order valence-corrected chi connectivity index (χ2v) is 3.47. The fraction of sp³-hybridized carbons (Fsp3) is 0.778. The number of ether oxygens (including phenoxy) is 1. The molecule has 0 aromatic carbocycles. The molecule has 1 N–H and O–H groups in total. The lowest BCUT2D eigenvalue weighted by Crippen LogP contribution is -2.38. The van der Waals surface area contributed by atoms with Gasteiger partial charge in [-0.05, 0) is 12.8 Å². The van der Waals surface area contributed by atoms with Crippen molar-refractivity contribution < 1.29 is 19.4 Å². The van der Waals surface area contributed by atoms with Crippen molar-refractivity contribution in [2.24, 2.45) is 5.92 Å². The van der Waals surface area contributed by atoms with Crippen molar-refractivity contribution in [3.05, 3.63) is 0 Å². The lowest BCUT2D eigenvalue weighted by atomic mass is 9.99. The van der Waals surface area contributed by atoms with E-state index < -0.39 is 5.97 Å². The first-order valence-corrected chi connectivity index (χ1v) is 4.65. The van der Waals surface area contributed by atoms with Gasteiger partial charge in [-0.3, -0.25) is 9.59 Å². The predicted molar refractivity (Wildman–Crippen MR) is 48.8 cm³/mol. The smallest absolute Gasteiger partial charge is 0.323 e. The van der Waals surface area contributed by atoms with Crippen LogP contribution in [0.15, 0.2) is 0 Å².